The number of likely N-dealkylation sites (tertiary alicyclic amines) is 1. The maximum Gasteiger partial charge on any atom is 0.140 e. The Morgan fingerprint density at radius 3 is 2.80 bits per heavy atom. The second-order valence-electron chi connectivity index (χ2n) is 5.55. The molecule has 0 spiro atoms. The number of piperidine rings is 1. The molecule has 3 rings (SSSR count). The molecular formula is C15H22N4S. The quantitative estimate of drug-likeness (QED) is 0.870. The highest BCUT2D eigenvalue weighted by Crippen LogP contribution is 2.31. The van der Waals surface area contributed by atoms with Crippen molar-refractivity contribution in [1.29, 1.82) is 0 Å². The van der Waals surface area contributed by atoms with E-state index in [1.54, 1.807) is 17.7 Å². The topological polar surface area (TPSA) is 32.3 Å². The molecule has 5 heteroatoms. The minimum Gasteiger partial charge on any atom is -0.356 e. The van der Waals surface area contributed by atoms with Crippen LogP contribution in [0.2, 0.25) is 0 Å². The van der Waals surface area contributed by atoms with Gasteiger partial charge in [-0.2, -0.15) is 0 Å². The van der Waals surface area contributed by atoms with Gasteiger partial charge in [0.25, 0.3) is 0 Å². The Morgan fingerprint density at radius 2 is 2.10 bits per heavy atom. The third-order valence-electron chi connectivity index (χ3n) is 4.32. The molecule has 2 aromatic heterocycles. The van der Waals surface area contributed by atoms with Gasteiger partial charge in [0.1, 0.15) is 17.0 Å². The van der Waals surface area contributed by atoms with Crippen LogP contribution < -0.4 is 4.90 Å². The number of aromatic nitrogens is 2. The van der Waals surface area contributed by atoms with Crippen LogP contribution in [0.25, 0.3) is 10.2 Å². The van der Waals surface area contributed by atoms with Gasteiger partial charge in [-0.3, -0.25) is 0 Å². The molecule has 0 amide bonds. The van der Waals surface area contributed by atoms with E-state index in [0.29, 0.717) is 6.04 Å². The van der Waals surface area contributed by atoms with E-state index in [-0.39, 0.29) is 0 Å². The summed E-state index contributed by atoms with van der Waals surface area (Å²) in [5.74, 6) is 1.09. The summed E-state index contributed by atoms with van der Waals surface area (Å²) in [5, 5.41) is 1.20. The molecule has 0 unspecified atom stereocenters. The Morgan fingerprint density at radius 1 is 1.35 bits per heavy atom. The highest BCUT2D eigenvalue weighted by molar-refractivity contribution is 7.18. The van der Waals surface area contributed by atoms with Gasteiger partial charge in [-0.1, -0.05) is 6.92 Å². The van der Waals surface area contributed by atoms with Crippen molar-refractivity contribution in [2.75, 3.05) is 31.6 Å². The monoisotopic (exact) mass is 290 g/mol. The lowest BCUT2D eigenvalue weighted by atomic mass is 10.0. The van der Waals surface area contributed by atoms with Gasteiger partial charge in [-0.25, -0.2) is 9.97 Å². The first-order chi connectivity index (χ1) is 9.69. The van der Waals surface area contributed by atoms with E-state index in [0.717, 1.165) is 17.2 Å². The van der Waals surface area contributed by atoms with Gasteiger partial charge in [0.05, 0.1) is 5.39 Å². The summed E-state index contributed by atoms with van der Waals surface area (Å²) in [6, 6.07) is 2.81. The second-order valence-corrected chi connectivity index (χ2v) is 6.78. The molecule has 1 fully saturated rings. The molecule has 1 saturated heterocycles. The third kappa shape index (κ3) is 2.52. The molecule has 0 N–H and O–H groups in total. The lowest BCUT2D eigenvalue weighted by Crippen LogP contribution is -2.43. The fourth-order valence-electron chi connectivity index (χ4n) is 3.04. The van der Waals surface area contributed by atoms with Crippen molar-refractivity contribution in [3.8, 4) is 0 Å². The van der Waals surface area contributed by atoms with E-state index in [9.17, 15) is 0 Å². The van der Waals surface area contributed by atoms with Crippen molar-refractivity contribution in [3.63, 3.8) is 0 Å². The molecule has 4 nitrogen and oxygen atoms in total. The van der Waals surface area contributed by atoms with Gasteiger partial charge < -0.3 is 9.80 Å². The molecular weight excluding hydrogens is 268 g/mol. The lowest BCUT2D eigenvalue weighted by Gasteiger charge is -2.37. The van der Waals surface area contributed by atoms with Gasteiger partial charge in [0.15, 0.2) is 0 Å². The summed E-state index contributed by atoms with van der Waals surface area (Å²) < 4.78 is 0. The average Bonchev–Trinajstić information content (AvgIpc) is 2.86. The maximum absolute atomic E-state index is 4.54. The number of fused-ring (bicyclic) bond motifs is 1. The van der Waals surface area contributed by atoms with Crippen molar-refractivity contribution in [2.24, 2.45) is 0 Å². The van der Waals surface area contributed by atoms with Crippen molar-refractivity contribution in [2.45, 2.75) is 32.7 Å². The zero-order valence-electron chi connectivity index (χ0n) is 12.5. The Labute approximate surface area is 124 Å². The SMILES string of the molecule is CCN1CCC(N(C)c2ncnc3sc(C)cc23)CC1. The first-order valence-electron chi connectivity index (χ1n) is 7.35. The summed E-state index contributed by atoms with van der Waals surface area (Å²) in [7, 11) is 2.18. The minimum atomic E-state index is 0.594. The van der Waals surface area contributed by atoms with Gasteiger partial charge in [-0.15, -0.1) is 11.3 Å². The predicted molar refractivity (Wildman–Crippen MR) is 85.7 cm³/mol. The van der Waals surface area contributed by atoms with E-state index >= 15 is 0 Å². The smallest absolute Gasteiger partial charge is 0.140 e. The average molecular weight is 290 g/mol. The first-order valence-corrected chi connectivity index (χ1v) is 8.17. The summed E-state index contributed by atoms with van der Waals surface area (Å²) in [5.41, 5.74) is 0. The molecule has 108 valence electrons. The summed E-state index contributed by atoms with van der Waals surface area (Å²) >= 11 is 1.75. The number of nitrogens with zero attached hydrogens (tertiary/aromatic N) is 4. The lowest BCUT2D eigenvalue weighted by molar-refractivity contribution is 0.220. The molecule has 1 aliphatic rings. The zero-order chi connectivity index (χ0) is 14.1. The van der Waals surface area contributed by atoms with Crippen LogP contribution in [0.3, 0.4) is 0 Å². The number of anilines is 1. The molecule has 2 aromatic rings. The van der Waals surface area contributed by atoms with Crippen molar-refractivity contribution >= 4 is 27.4 Å². The molecule has 1 aliphatic heterocycles. The zero-order valence-corrected chi connectivity index (χ0v) is 13.3. The van der Waals surface area contributed by atoms with Crippen LogP contribution in [0.5, 0.6) is 0 Å². The van der Waals surface area contributed by atoms with E-state index in [4.69, 9.17) is 0 Å². The van der Waals surface area contributed by atoms with E-state index < -0.39 is 0 Å². The van der Waals surface area contributed by atoms with Crippen LogP contribution in [0.4, 0.5) is 5.82 Å². The number of aryl methyl sites for hydroxylation is 1. The van der Waals surface area contributed by atoms with Crippen LogP contribution in [0, 0.1) is 6.92 Å². The van der Waals surface area contributed by atoms with Crippen molar-refractivity contribution in [1.82, 2.24) is 14.9 Å². The molecule has 0 aliphatic carbocycles. The van der Waals surface area contributed by atoms with Gasteiger partial charge in [0, 0.05) is 31.1 Å². The molecule has 3 heterocycles. The van der Waals surface area contributed by atoms with Gasteiger partial charge in [0.2, 0.25) is 0 Å². The Kier molecular flexibility index (Phi) is 3.89. The van der Waals surface area contributed by atoms with Gasteiger partial charge >= 0.3 is 0 Å². The van der Waals surface area contributed by atoms with Crippen molar-refractivity contribution < 1.29 is 0 Å². The molecule has 0 saturated carbocycles. The highest BCUT2D eigenvalue weighted by Gasteiger charge is 2.24. The van der Waals surface area contributed by atoms with Crippen LogP contribution in [0.1, 0.15) is 24.6 Å². The van der Waals surface area contributed by atoms with Gasteiger partial charge in [-0.05, 0) is 32.4 Å². The predicted octanol–water partition coefficient (Wildman–Crippen LogP) is 2.92. The van der Waals surface area contributed by atoms with E-state index in [1.807, 2.05) is 0 Å². The Hall–Kier alpha value is -1.20. The molecule has 0 radical (unpaired) electrons. The van der Waals surface area contributed by atoms with Crippen LogP contribution >= 0.6 is 11.3 Å². The van der Waals surface area contributed by atoms with E-state index in [1.165, 1.54) is 36.2 Å². The fraction of sp³-hybridized carbons (Fsp3) is 0.600. The van der Waals surface area contributed by atoms with E-state index in [2.05, 4.69) is 46.7 Å². The molecule has 0 atom stereocenters. The van der Waals surface area contributed by atoms with Crippen LogP contribution in [0.15, 0.2) is 12.4 Å². The Bertz CT molecular complexity index is 587. The normalized spacial score (nSPS) is 17.8. The highest BCUT2D eigenvalue weighted by atomic mass is 32.1. The summed E-state index contributed by atoms with van der Waals surface area (Å²) in [6.07, 6.45) is 4.14. The van der Waals surface area contributed by atoms with Crippen molar-refractivity contribution in [3.05, 3.63) is 17.3 Å². The largest absolute Gasteiger partial charge is 0.356 e. The molecule has 0 aromatic carbocycles. The fourth-order valence-corrected chi connectivity index (χ4v) is 3.88. The number of rotatable bonds is 3. The molecule has 0 bridgehead atoms. The van der Waals surface area contributed by atoms with Crippen LogP contribution in [-0.4, -0.2) is 47.6 Å². The minimum absolute atomic E-state index is 0.594. The summed E-state index contributed by atoms with van der Waals surface area (Å²) in [4.78, 5) is 16.2. The molecule has 20 heavy (non-hydrogen) atoms. The number of hydrogen-bond donors (Lipinski definition) is 0. The second kappa shape index (κ2) is 5.66. The standard InChI is InChI=1S/C15H22N4S/c1-4-19-7-5-12(6-8-19)18(3)14-13-9-11(2)20-15(13)17-10-16-14/h9-10,12H,4-8H2,1-3H3. The number of hydrogen-bond acceptors (Lipinski definition) is 5. The Balaban J connectivity index is 1.84. The maximum atomic E-state index is 4.54. The first kappa shape index (κ1) is 13.8. The third-order valence-corrected chi connectivity index (χ3v) is 5.28. The summed E-state index contributed by atoms with van der Waals surface area (Å²) in [6.45, 7) is 7.94. The van der Waals surface area contributed by atoms with Crippen LogP contribution in [-0.2, 0) is 0 Å². The number of thiophene rings is 1.